The van der Waals surface area contributed by atoms with Crippen molar-refractivity contribution in [1.82, 2.24) is 0 Å². The molecular formula is C63H71BN2S. The largest absolute Gasteiger partial charge is 0.311 e. The molecule has 0 bridgehead atoms. The van der Waals surface area contributed by atoms with E-state index in [9.17, 15) is 0 Å². The Labute approximate surface area is 406 Å². The van der Waals surface area contributed by atoms with Crippen LogP contribution in [0.5, 0.6) is 0 Å². The lowest BCUT2D eigenvalue weighted by Crippen LogP contribution is -2.61. The van der Waals surface area contributed by atoms with E-state index in [4.69, 9.17) is 0 Å². The summed E-state index contributed by atoms with van der Waals surface area (Å²) in [4.78, 5) is 5.39. The first-order chi connectivity index (χ1) is 31.4. The number of hydrogen-bond acceptors (Lipinski definition) is 3. The van der Waals surface area contributed by atoms with Gasteiger partial charge in [-0.25, -0.2) is 0 Å². The molecular weight excluding hydrogens is 828 g/mol. The Balaban J connectivity index is 1.30. The normalized spacial score (nSPS) is 18.5. The Kier molecular flexibility index (Phi) is 9.61. The number of fused-ring (bicyclic) bond motifs is 8. The van der Waals surface area contributed by atoms with Crippen molar-refractivity contribution >= 4 is 78.0 Å². The van der Waals surface area contributed by atoms with E-state index in [0.717, 1.165) is 0 Å². The van der Waals surface area contributed by atoms with E-state index in [1.54, 1.807) is 0 Å². The molecule has 0 saturated carbocycles. The Morgan fingerprint density at radius 3 is 1.61 bits per heavy atom. The van der Waals surface area contributed by atoms with Crippen LogP contribution in [0.3, 0.4) is 0 Å². The van der Waals surface area contributed by atoms with Crippen molar-refractivity contribution < 1.29 is 0 Å². The van der Waals surface area contributed by atoms with Crippen LogP contribution in [0.25, 0.3) is 21.2 Å². The SMILES string of the molecule is Cc1cc2c3c(c1)N(c1ccc(C(C)(C)C)cc1-c1ccccc1)c1c(sc4cc5c(cc14)C(C)(C)CCC5(C)C)B3c1cc3c(cc1N2c1ccc(C(C)(C)C)cc1)C(C)(C)CCC3(C)C. The second-order valence-electron chi connectivity index (χ2n) is 25.7. The first kappa shape index (κ1) is 44.5. The molecule has 0 saturated heterocycles. The van der Waals surface area contributed by atoms with Crippen molar-refractivity contribution in [2.75, 3.05) is 9.80 Å². The van der Waals surface area contributed by atoms with Crippen LogP contribution in [-0.2, 0) is 32.5 Å². The molecule has 4 aliphatic rings. The van der Waals surface area contributed by atoms with Crippen LogP contribution in [0.4, 0.5) is 34.1 Å². The molecule has 0 spiro atoms. The van der Waals surface area contributed by atoms with Crippen LogP contribution in [0.2, 0.25) is 0 Å². The molecule has 0 amide bonds. The second kappa shape index (κ2) is 14.5. The molecule has 11 rings (SSSR count). The monoisotopic (exact) mass is 899 g/mol. The molecule has 0 unspecified atom stereocenters. The molecule has 2 aliphatic heterocycles. The van der Waals surface area contributed by atoms with Crippen molar-refractivity contribution in [1.29, 1.82) is 0 Å². The molecule has 342 valence electrons. The first-order valence-corrected chi connectivity index (χ1v) is 26.0. The van der Waals surface area contributed by atoms with Crippen molar-refractivity contribution in [3.63, 3.8) is 0 Å². The predicted octanol–water partition coefficient (Wildman–Crippen LogP) is 16.3. The lowest BCUT2D eigenvalue weighted by Gasteiger charge is -2.47. The van der Waals surface area contributed by atoms with Gasteiger partial charge in [0.15, 0.2) is 0 Å². The highest BCUT2D eigenvalue weighted by Crippen LogP contribution is 2.55. The molecule has 4 heteroatoms. The van der Waals surface area contributed by atoms with Gasteiger partial charge in [0.1, 0.15) is 0 Å². The molecule has 0 atom stereocenters. The molecule has 0 fully saturated rings. The molecule has 2 aliphatic carbocycles. The van der Waals surface area contributed by atoms with Gasteiger partial charge >= 0.3 is 0 Å². The fourth-order valence-electron chi connectivity index (χ4n) is 12.4. The maximum atomic E-state index is 2.73. The summed E-state index contributed by atoms with van der Waals surface area (Å²) in [7, 11) is 0. The van der Waals surface area contributed by atoms with Crippen LogP contribution >= 0.6 is 11.3 Å². The molecule has 6 aromatic carbocycles. The fourth-order valence-corrected chi connectivity index (χ4v) is 13.8. The highest BCUT2D eigenvalue weighted by Gasteiger charge is 2.49. The van der Waals surface area contributed by atoms with E-state index < -0.39 is 0 Å². The molecule has 2 nitrogen and oxygen atoms in total. The fraction of sp³-hybridized carbons (Fsp3) is 0.397. The van der Waals surface area contributed by atoms with Crippen molar-refractivity contribution in [2.24, 2.45) is 0 Å². The maximum absolute atomic E-state index is 2.73. The third-order valence-corrected chi connectivity index (χ3v) is 18.1. The third-order valence-electron chi connectivity index (χ3n) is 16.9. The Morgan fingerprint density at radius 2 is 1.03 bits per heavy atom. The summed E-state index contributed by atoms with van der Waals surface area (Å²) in [6.45, 7) is 36.3. The summed E-state index contributed by atoms with van der Waals surface area (Å²) >= 11 is 2.07. The van der Waals surface area contributed by atoms with Gasteiger partial charge in [-0.15, -0.1) is 11.3 Å². The van der Waals surface area contributed by atoms with Gasteiger partial charge in [0.2, 0.25) is 0 Å². The van der Waals surface area contributed by atoms with Gasteiger partial charge in [0.05, 0.1) is 11.4 Å². The summed E-state index contributed by atoms with van der Waals surface area (Å²) < 4.78 is 2.86. The summed E-state index contributed by atoms with van der Waals surface area (Å²) in [5.74, 6) is 0. The van der Waals surface area contributed by atoms with Crippen LogP contribution in [0.1, 0.15) is 162 Å². The smallest absolute Gasteiger partial charge is 0.264 e. The number of thiophene rings is 1. The highest BCUT2D eigenvalue weighted by molar-refractivity contribution is 7.33. The third kappa shape index (κ3) is 6.84. The second-order valence-corrected chi connectivity index (χ2v) is 26.8. The van der Waals surface area contributed by atoms with Crippen LogP contribution in [-0.4, -0.2) is 6.71 Å². The van der Waals surface area contributed by atoms with Gasteiger partial charge in [-0.2, -0.15) is 0 Å². The number of aryl methyl sites for hydroxylation is 1. The summed E-state index contributed by atoms with van der Waals surface area (Å²) in [6.07, 6.45) is 4.75. The highest BCUT2D eigenvalue weighted by atomic mass is 32.1. The van der Waals surface area contributed by atoms with E-state index in [2.05, 4.69) is 234 Å². The van der Waals surface area contributed by atoms with Gasteiger partial charge in [-0.3, -0.25) is 0 Å². The number of nitrogens with zero attached hydrogens (tertiary/aromatic N) is 2. The van der Waals surface area contributed by atoms with E-state index in [1.165, 1.54) is 136 Å². The molecule has 0 radical (unpaired) electrons. The molecule has 1 aromatic heterocycles. The lowest BCUT2D eigenvalue weighted by molar-refractivity contribution is 0.332. The van der Waals surface area contributed by atoms with Gasteiger partial charge in [-0.1, -0.05) is 152 Å². The number of anilines is 6. The van der Waals surface area contributed by atoms with Gasteiger partial charge in [0.25, 0.3) is 6.71 Å². The zero-order chi connectivity index (χ0) is 47.5. The molecule has 7 aromatic rings. The number of rotatable bonds is 3. The van der Waals surface area contributed by atoms with Crippen molar-refractivity contribution in [3.05, 3.63) is 148 Å². The maximum Gasteiger partial charge on any atom is 0.264 e. The van der Waals surface area contributed by atoms with E-state index >= 15 is 0 Å². The Morgan fingerprint density at radius 1 is 0.507 bits per heavy atom. The lowest BCUT2D eigenvalue weighted by atomic mass is 9.35. The average Bonchev–Trinajstić information content (AvgIpc) is 3.64. The zero-order valence-electron chi connectivity index (χ0n) is 43.1. The van der Waals surface area contributed by atoms with E-state index in [-0.39, 0.29) is 39.2 Å². The molecule has 67 heavy (non-hydrogen) atoms. The summed E-state index contributed by atoms with van der Waals surface area (Å²) in [6, 6.07) is 43.7. The van der Waals surface area contributed by atoms with Gasteiger partial charge in [0, 0.05) is 43.2 Å². The van der Waals surface area contributed by atoms with Crippen LogP contribution in [0.15, 0.2) is 109 Å². The minimum atomic E-state index is -0.0104. The standard InChI is InChI=1S/C63H71BN2S/c1-38-31-52-55-53(32-38)66(50-26-23-41(59(5,6)7)33-43(50)39-19-17-16-18-20-39)56-44-34-45-48(63(14,15)30-27-60(45,8)9)37-54(44)67-57(56)64(55)49-35-46-47(62(12,13)29-28-61(46,10)11)36-51(49)65(52)42-24-21-40(22-25-42)58(2,3)4/h16-26,31-37H,27-30H2,1-15H3. The Bertz CT molecular complexity index is 3160. The zero-order valence-corrected chi connectivity index (χ0v) is 43.9. The first-order valence-electron chi connectivity index (χ1n) is 25.2. The number of benzene rings is 6. The van der Waals surface area contributed by atoms with Crippen LogP contribution < -0.4 is 25.5 Å². The van der Waals surface area contributed by atoms with Crippen molar-refractivity contribution in [3.8, 4) is 11.1 Å². The Hall–Kier alpha value is -5.06. The molecule has 0 N–H and O–H groups in total. The minimum absolute atomic E-state index is 0.0104. The van der Waals surface area contributed by atoms with Gasteiger partial charge < -0.3 is 9.80 Å². The average molecular weight is 899 g/mol. The van der Waals surface area contributed by atoms with Crippen molar-refractivity contribution in [2.45, 2.75) is 162 Å². The van der Waals surface area contributed by atoms with E-state index in [1.807, 2.05) is 0 Å². The quantitative estimate of drug-likeness (QED) is 0.163. The minimum Gasteiger partial charge on any atom is -0.311 e. The summed E-state index contributed by atoms with van der Waals surface area (Å²) in [5.41, 5.74) is 23.5. The number of hydrogen-bond donors (Lipinski definition) is 0. The van der Waals surface area contributed by atoms with Crippen LogP contribution in [0, 0.1) is 6.92 Å². The van der Waals surface area contributed by atoms with E-state index in [0.29, 0.717) is 0 Å². The predicted molar refractivity (Wildman–Crippen MR) is 294 cm³/mol. The van der Waals surface area contributed by atoms with Gasteiger partial charge in [-0.05, 0) is 175 Å². The summed E-state index contributed by atoms with van der Waals surface area (Å²) in [5, 5.41) is 1.39. The topological polar surface area (TPSA) is 6.48 Å². The molecule has 3 heterocycles.